The second kappa shape index (κ2) is 8.93. The molecular formula is C20H14F3N5O2S2. The van der Waals surface area contributed by atoms with Crippen LogP contribution in [0.25, 0.3) is 15.7 Å². The van der Waals surface area contributed by atoms with Crippen molar-refractivity contribution in [2.75, 3.05) is 7.11 Å². The molecule has 12 heteroatoms. The second-order valence-electron chi connectivity index (χ2n) is 6.26. The number of methoxy groups -OCH3 is 1. The highest BCUT2D eigenvalue weighted by Gasteiger charge is 2.35. The molecule has 4 rings (SSSR count). The molecular weight excluding hydrogens is 463 g/mol. The molecule has 3 heterocycles. The number of thiazole rings is 1. The lowest BCUT2D eigenvalue weighted by Crippen LogP contribution is -2.18. The Kier molecular flexibility index (Phi) is 6.06. The third kappa shape index (κ3) is 4.55. The van der Waals surface area contributed by atoms with E-state index in [1.54, 1.807) is 41.8 Å². The molecule has 0 spiro atoms. The number of carbonyl (C=O) groups excluding carboxylic acids is 1. The van der Waals surface area contributed by atoms with E-state index in [0.29, 0.717) is 16.2 Å². The number of para-hydroxylation sites is 1. The molecule has 0 aliphatic carbocycles. The average molecular weight is 477 g/mol. The van der Waals surface area contributed by atoms with Gasteiger partial charge < -0.3 is 4.74 Å². The second-order valence-corrected chi connectivity index (χ2v) is 8.04. The number of rotatable bonds is 6. The van der Waals surface area contributed by atoms with Gasteiger partial charge in [0.05, 0.1) is 23.9 Å². The quantitative estimate of drug-likeness (QED) is 0.318. The van der Waals surface area contributed by atoms with Gasteiger partial charge in [0.2, 0.25) is 5.13 Å². The lowest BCUT2D eigenvalue weighted by Gasteiger charge is -2.03. The van der Waals surface area contributed by atoms with Crippen LogP contribution in [0.3, 0.4) is 0 Å². The fourth-order valence-electron chi connectivity index (χ4n) is 2.72. The van der Waals surface area contributed by atoms with Gasteiger partial charge in [-0.2, -0.15) is 23.4 Å². The topological polar surface area (TPSA) is 81.4 Å². The molecule has 0 radical (unpaired) electrons. The number of thiophene rings is 1. The predicted octanol–water partition coefficient (Wildman–Crippen LogP) is 4.85. The SMILES string of the molecule is COc1ccccc1C=NNC(=O)c1csc(-n2nc(C(F)(F)F)cc2-c2cccs2)n1. The Bertz CT molecular complexity index is 1260. The third-order valence-electron chi connectivity index (χ3n) is 4.19. The number of amides is 1. The van der Waals surface area contributed by atoms with Crippen molar-refractivity contribution >= 4 is 34.8 Å². The van der Waals surface area contributed by atoms with E-state index in [2.05, 4.69) is 20.6 Å². The van der Waals surface area contributed by atoms with Crippen molar-refractivity contribution in [2.45, 2.75) is 6.18 Å². The molecule has 1 aromatic carbocycles. The minimum absolute atomic E-state index is 0.00312. The number of hydrogen-bond donors (Lipinski definition) is 1. The maximum Gasteiger partial charge on any atom is 0.435 e. The maximum absolute atomic E-state index is 13.2. The number of alkyl halides is 3. The summed E-state index contributed by atoms with van der Waals surface area (Å²) in [5, 5.41) is 10.9. The fraction of sp³-hybridized carbons (Fsp3) is 0.100. The van der Waals surface area contributed by atoms with Gasteiger partial charge in [0, 0.05) is 10.9 Å². The van der Waals surface area contributed by atoms with E-state index < -0.39 is 17.8 Å². The van der Waals surface area contributed by atoms with Gasteiger partial charge in [0.15, 0.2) is 5.69 Å². The summed E-state index contributed by atoms with van der Waals surface area (Å²) in [6, 6.07) is 11.5. The minimum Gasteiger partial charge on any atom is -0.496 e. The van der Waals surface area contributed by atoms with Crippen LogP contribution in [0.2, 0.25) is 0 Å². The fourth-order valence-corrected chi connectivity index (χ4v) is 4.22. The zero-order chi connectivity index (χ0) is 22.7. The first-order valence-electron chi connectivity index (χ1n) is 9.00. The molecule has 164 valence electrons. The molecule has 0 saturated carbocycles. The first-order valence-corrected chi connectivity index (χ1v) is 10.8. The molecule has 0 saturated heterocycles. The van der Waals surface area contributed by atoms with Crippen LogP contribution in [0, 0.1) is 0 Å². The number of carbonyl (C=O) groups is 1. The molecule has 0 atom stereocenters. The third-order valence-corrected chi connectivity index (χ3v) is 5.90. The Morgan fingerprint density at radius 3 is 2.75 bits per heavy atom. The van der Waals surface area contributed by atoms with Gasteiger partial charge in [-0.05, 0) is 29.6 Å². The molecule has 3 aromatic heterocycles. The normalized spacial score (nSPS) is 11.8. The van der Waals surface area contributed by atoms with Crippen LogP contribution in [0.4, 0.5) is 13.2 Å². The summed E-state index contributed by atoms with van der Waals surface area (Å²) < 4.78 is 46.0. The molecule has 0 bridgehead atoms. The van der Waals surface area contributed by atoms with E-state index in [9.17, 15) is 18.0 Å². The summed E-state index contributed by atoms with van der Waals surface area (Å²) in [5.41, 5.74) is 2.21. The summed E-state index contributed by atoms with van der Waals surface area (Å²) in [7, 11) is 1.52. The number of ether oxygens (including phenoxy) is 1. The van der Waals surface area contributed by atoms with Crippen LogP contribution >= 0.6 is 22.7 Å². The highest BCUT2D eigenvalue weighted by atomic mass is 32.1. The van der Waals surface area contributed by atoms with Gasteiger partial charge in [0.25, 0.3) is 5.91 Å². The van der Waals surface area contributed by atoms with E-state index in [-0.39, 0.29) is 16.5 Å². The molecule has 0 aliphatic rings. The monoisotopic (exact) mass is 477 g/mol. The van der Waals surface area contributed by atoms with Gasteiger partial charge >= 0.3 is 6.18 Å². The Morgan fingerprint density at radius 2 is 2.03 bits per heavy atom. The van der Waals surface area contributed by atoms with Gasteiger partial charge in [-0.3, -0.25) is 4.79 Å². The maximum atomic E-state index is 13.2. The van der Waals surface area contributed by atoms with Crippen LogP contribution < -0.4 is 10.2 Å². The lowest BCUT2D eigenvalue weighted by molar-refractivity contribution is -0.141. The molecule has 0 aliphatic heterocycles. The Labute approximate surface area is 187 Å². The number of nitrogens with one attached hydrogen (secondary N) is 1. The summed E-state index contributed by atoms with van der Waals surface area (Å²) in [5.74, 6) is -0.0266. The van der Waals surface area contributed by atoms with E-state index in [1.807, 2.05) is 0 Å². The Morgan fingerprint density at radius 1 is 1.22 bits per heavy atom. The van der Waals surface area contributed by atoms with Crippen molar-refractivity contribution < 1.29 is 22.7 Å². The molecule has 7 nitrogen and oxygen atoms in total. The molecule has 1 amide bonds. The van der Waals surface area contributed by atoms with Gasteiger partial charge in [-0.1, -0.05) is 18.2 Å². The summed E-state index contributed by atoms with van der Waals surface area (Å²) in [6.07, 6.45) is -3.19. The van der Waals surface area contributed by atoms with Crippen LogP contribution in [-0.2, 0) is 6.18 Å². The van der Waals surface area contributed by atoms with Crippen LogP contribution in [0.1, 0.15) is 21.7 Å². The Hall–Kier alpha value is -3.51. The molecule has 4 aromatic rings. The smallest absolute Gasteiger partial charge is 0.435 e. The summed E-state index contributed by atoms with van der Waals surface area (Å²) in [4.78, 5) is 17.1. The largest absolute Gasteiger partial charge is 0.496 e. The number of hydrogen-bond acceptors (Lipinski definition) is 7. The standard InChI is InChI=1S/C20H14F3N5O2S2/c1-30-15-6-3-2-5-12(15)10-24-26-18(29)13-11-32-19(25-13)28-14(16-7-4-8-31-16)9-17(27-28)20(21,22)23/h2-11H,1H3,(H,26,29). The lowest BCUT2D eigenvalue weighted by atomic mass is 10.2. The van der Waals surface area contributed by atoms with E-state index in [4.69, 9.17) is 4.74 Å². The molecule has 1 N–H and O–H groups in total. The van der Waals surface area contributed by atoms with Crippen LogP contribution in [0.5, 0.6) is 5.75 Å². The first kappa shape index (κ1) is 21.7. The zero-order valence-electron chi connectivity index (χ0n) is 16.3. The summed E-state index contributed by atoms with van der Waals surface area (Å²) in [6.45, 7) is 0. The average Bonchev–Trinajstić information content (AvgIpc) is 3.53. The van der Waals surface area contributed by atoms with E-state index in [1.165, 1.54) is 30.0 Å². The van der Waals surface area contributed by atoms with Crippen molar-refractivity contribution in [1.82, 2.24) is 20.2 Å². The number of benzene rings is 1. The highest BCUT2D eigenvalue weighted by Crippen LogP contribution is 2.35. The van der Waals surface area contributed by atoms with Crippen LogP contribution in [0.15, 0.2) is 58.3 Å². The zero-order valence-corrected chi connectivity index (χ0v) is 18.0. The number of aromatic nitrogens is 3. The molecule has 0 unspecified atom stereocenters. The minimum atomic E-state index is -4.61. The van der Waals surface area contributed by atoms with Crippen molar-refractivity contribution in [2.24, 2.45) is 5.10 Å². The van der Waals surface area contributed by atoms with E-state index >= 15 is 0 Å². The Balaban J connectivity index is 1.57. The van der Waals surface area contributed by atoms with Crippen molar-refractivity contribution in [1.29, 1.82) is 0 Å². The van der Waals surface area contributed by atoms with Gasteiger partial charge in [0.1, 0.15) is 11.4 Å². The van der Waals surface area contributed by atoms with E-state index in [0.717, 1.165) is 22.1 Å². The van der Waals surface area contributed by atoms with Crippen molar-refractivity contribution in [3.05, 3.63) is 70.2 Å². The van der Waals surface area contributed by atoms with Crippen LogP contribution in [-0.4, -0.2) is 34.0 Å². The molecule has 0 fully saturated rings. The van der Waals surface area contributed by atoms with Gasteiger partial charge in [-0.25, -0.2) is 15.1 Å². The molecule has 32 heavy (non-hydrogen) atoms. The van der Waals surface area contributed by atoms with Gasteiger partial charge in [-0.15, -0.1) is 22.7 Å². The number of nitrogens with zero attached hydrogens (tertiary/aromatic N) is 4. The highest BCUT2D eigenvalue weighted by molar-refractivity contribution is 7.13. The van der Waals surface area contributed by atoms with Crippen molar-refractivity contribution in [3.8, 4) is 21.5 Å². The number of halogens is 3. The summed E-state index contributed by atoms with van der Waals surface area (Å²) >= 11 is 2.27. The predicted molar refractivity (Wildman–Crippen MR) is 116 cm³/mol. The first-order chi connectivity index (χ1) is 15.4. The number of hydrazone groups is 1. The van der Waals surface area contributed by atoms with Crippen molar-refractivity contribution in [3.63, 3.8) is 0 Å².